The van der Waals surface area contributed by atoms with Gasteiger partial charge in [0.2, 0.25) is 0 Å². The van der Waals surface area contributed by atoms with Gasteiger partial charge in [-0.3, -0.25) is 0 Å². The molecule has 0 aromatic heterocycles. The average molecular weight is 221 g/mol. The molecule has 0 nitrogen and oxygen atoms in total. The van der Waals surface area contributed by atoms with E-state index in [1.165, 1.54) is 0 Å². The maximum absolute atomic E-state index is 3.08. The number of halogens is 1. The van der Waals surface area contributed by atoms with Crippen LogP contribution in [0.1, 0.15) is 12.5 Å². The quantitative estimate of drug-likeness (QED) is 0.423. The van der Waals surface area contributed by atoms with Crippen LogP contribution in [0.5, 0.6) is 0 Å². The molecule has 54 valence electrons. The molecule has 0 aliphatic rings. The van der Waals surface area contributed by atoms with Crippen molar-refractivity contribution >= 4 is 23.1 Å². The van der Waals surface area contributed by atoms with Gasteiger partial charge in [0.05, 0.1) is 0 Å². The van der Waals surface area contributed by atoms with E-state index in [4.69, 9.17) is 0 Å². The maximum Gasteiger partial charge on any atom is 2.00 e. The molecule has 0 saturated carbocycles. The fourth-order valence-electron chi connectivity index (χ4n) is 0.701. The second kappa shape index (κ2) is 8.30. The Morgan fingerprint density at radius 3 is 2.18 bits per heavy atom. The van der Waals surface area contributed by atoms with Crippen LogP contribution < -0.4 is 17.0 Å². The van der Waals surface area contributed by atoms with Crippen molar-refractivity contribution in [3.63, 3.8) is 0 Å². The van der Waals surface area contributed by atoms with Crippen molar-refractivity contribution < 1.29 is 17.0 Å². The summed E-state index contributed by atoms with van der Waals surface area (Å²) < 4.78 is 0. The van der Waals surface area contributed by atoms with Crippen LogP contribution in [-0.2, 0) is 0 Å². The summed E-state index contributed by atoms with van der Waals surface area (Å²) in [7, 11) is 0. The van der Waals surface area contributed by atoms with Gasteiger partial charge in [0, 0.05) is 0 Å². The Labute approximate surface area is 94.6 Å². The van der Waals surface area contributed by atoms with Crippen LogP contribution in [0.4, 0.5) is 0 Å². The number of rotatable bonds is 1. The minimum atomic E-state index is 0. The molecule has 0 atom stereocenters. The van der Waals surface area contributed by atoms with Crippen molar-refractivity contribution in [2.24, 2.45) is 0 Å². The van der Waals surface area contributed by atoms with Crippen LogP contribution in [0.25, 0.3) is 0 Å². The van der Waals surface area contributed by atoms with Crippen molar-refractivity contribution in [2.75, 3.05) is 0 Å². The minimum Gasteiger partial charge on any atom is -1.00 e. The van der Waals surface area contributed by atoms with Gasteiger partial charge in [-0.1, -0.05) is 13.0 Å². The molecule has 0 radical (unpaired) electrons. The first-order valence-corrected chi connectivity index (χ1v) is 3.03. The Hall–Kier alpha value is 0.206. The number of hydrogen-bond donors (Lipinski definition) is 0. The second-order valence-electron chi connectivity index (χ2n) is 1.80. The average Bonchev–Trinajstić information content (AvgIpc) is 1.91. The van der Waals surface area contributed by atoms with E-state index in [0.717, 1.165) is 5.56 Å². The second-order valence-corrected chi connectivity index (χ2v) is 1.80. The Bertz CT molecular complexity index is 194. The number of hydrogen-bond acceptors (Lipinski definition) is 0. The summed E-state index contributed by atoms with van der Waals surface area (Å²) in [5.74, 6) is 0. The summed E-state index contributed by atoms with van der Waals surface area (Å²) in [6.45, 7) is 1.97. The first kappa shape index (κ1) is 13.8. The Morgan fingerprint density at radius 1 is 1.18 bits per heavy atom. The molecule has 11 heavy (non-hydrogen) atoms. The summed E-state index contributed by atoms with van der Waals surface area (Å²) in [6, 6.07) is 10.1. The summed E-state index contributed by atoms with van der Waals surface area (Å²) >= 11 is 0. The van der Waals surface area contributed by atoms with Crippen molar-refractivity contribution in [1.82, 2.24) is 0 Å². The van der Waals surface area contributed by atoms with Crippen molar-refractivity contribution in [1.29, 1.82) is 0 Å². The smallest absolute Gasteiger partial charge is 1.00 e. The molecular weight excluding hydrogens is 212 g/mol. The third kappa shape index (κ3) is 5.47. The molecule has 2 heteroatoms. The van der Waals surface area contributed by atoms with E-state index in [2.05, 4.69) is 6.08 Å². The Morgan fingerprint density at radius 2 is 1.73 bits per heavy atom. The molecule has 0 heterocycles. The largest absolute Gasteiger partial charge is 2.00 e. The number of benzene rings is 1. The molecule has 0 bridgehead atoms. The van der Waals surface area contributed by atoms with E-state index < -0.39 is 0 Å². The Kier molecular flexibility index (Phi) is 10.4. The van der Waals surface area contributed by atoms with Crippen LogP contribution in [0.15, 0.2) is 36.4 Å². The van der Waals surface area contributed by atoms with Gasteiger partial charge in [0.25, 0.3) is 0 Å². The summed E-state index contributed by atoms with van der Waals surface area (Å²) in [5, 5.41) is 0. The fourth-order valence-corrected chi connectivity index (χ4v) is 0.701. The zero-order valence-electron chi connectivity index (χ0n) is 6.55. The van der Waals surface area contributed by atoms with Gasteiger partial charge < -0.3 is 17.0 Å². The SMILES string of the molecule is CC=[C-]c1ccccc1.[Br-].[Mg+2]. The molecule has 0 unspecified atom stereocenters. The van der Waals surface area contributed by atoms with Gasteiger partial charge in [-0.15, -0.1) is 18.2 Å². The van der Waals surface area contributed by atoms with E-state index in [1.54, 1.807) is 0 Å². The van der Waals surface area contributed by atoms with Crippen molar-refractivity contribution in [3.05, 3.63) is 48.0 Å². The van der Waals surface area contributed by atoms with E-state index >= 15 is 0 Å². The fraction of sp³-hybridized carbons (Fsp3) is 0.111. The molecule has 0 fully saturated rings. The minimum absolute atomic E-state index is 0. The monoisotopic (exact) mass is 220 g/mol. The van der Waals surface area contributed by atoms with Crippen LogP contribution >= 0.6 is 0 Å². The molecule has 0 saturated heterocycles. The topological polar surface area (TPSA) is 0 Å². The zero-order chi connectivity index (χ0) is 6.53. The van der Waals surface area contributed by atoms with Gasteiger partial charge in [-0.2, -0.15) is 23.8 Å². The summed E-state index contributed by atoms with van der Waals surface area (Å²) in [6.07, 6.45) is 4.99. The third-order valence-electron chi connectivity index (χ3n) is 1.08. The number of allylic oxidation sites excluding steroid dienone is 1. The standard InChI is InChI=1S/C9H9.BrH.Mg/c1-2-6-9-7-4-3-5-8-9;;/h2-5,7-8H,1H3;1H;/q-1;;+2/p-1. The van der Waals surface area contributed by atoms with Gasteiger partial charge in [0.1, 0.15) is 0 Å². The zero-order valence-corrected chi connectivity index (χ0v) is 9.55. The van der Waals surface area contributed by atoms with Crippen molar-refractivity contribution in [2.45, 2.75) is 6.92 Å². The van der Waals surface area contributed by atoms with Crippen LogP contribution in [0, 0.1) is 6.08 Å². The molecule has 0 spiro atoms. The maximum atomic E-state index is 3.08. The van der Waals surface area contributed by atoms with Gasteiger partial charge >= 0.3 is 23.1 Å². The van der Waals surface area contributed by atoms with Crippen LogP contribution in [-0.4, -0.2) is 23.1 Å². The predicted octanol–water partition coefficient (Wildman–Crippen LogP) is -0.963. The van der Waals surface area contributed by atoms with Crippen molar-refractivity contribution in [3.8, 4) is 0 Å². The predicted molar refractivity (Wildman–Crippen MR) is 44.8 cm³/mol. The third-order valence-corrected chi connectivity index (χ3v) is 1.08. The van der Waals surface area contributed by atoms with E-state index in [0.29, 0.717) is 0 Å². The van der Waals surface area contributed by atoms with Gasteiger partial charge in [0.15, 0.2) is 0 Å². The molecular formula is C9H9BrMg. The van der Waals surface area contributed by atoms with E-state index in [1.807, 2.05) is 43.3 Å². The first-order chi connectivity index (χ1) is 4.43. The summed E-state index contributed by atoms with van der Waals surface area (Å²) in [4.78, 5) is 0. The molecule has 1 rings (SSSR count). The molecule has 0 aliphatic carbocycles. The van der Waals surface area contributed by atoms with Crippen LogP contribution in [0.3, 0.4) is 0 Å². The van der Waals surface area contributed by atoms with Crippen LogP contribution in [0.2, 0.25) is 0 Å². The Balaban J connectivity index is 0. The molecule has 1 aromatic rings. The molecule has 0 aliphatic heterocycles. The van der Waals surface area contributed by atoms with Gasteiger partial charge in [-0.25, -0.2) is 0 Å². The molecule has 0 amide bonds. The molecule has 1 aromatic carbocycles. The molecule has 0 N–H and O–H groups in total. The normalized spacial score (nSPS) is 8.45. The first-order valence-electron chi connectivity index (χ1n) is 3.03. The summed E-state index contributed by atoms with van der Waals surface area (Å²) in [5.41, 5.74) is 1.14. The van der Waals surface area contributed by atoms with E-state index in [9.17, 15) is 0 Å². The van der Waals surface area contributed by atoms with Gasteiger partial charge in [-0.05, 0) is 0 Å². The van der Waals surface area contributed by atoms with E-state index in [-0.39, 0.29) is 40.0 Å².